The Morgan fingerprint density at radius 1 is 1.37 bits per heavy atom. The van der Waals surface area contributed by atoms with Gasteiger partial charge in [0.15, 0.2) is 0 Å². The molecule has 2 amide bonds. The lowest BCUT2D eigenvalue weighted by Gasteiger charge is -2.33. The molecule has 0 saturated carbocycles. The first-order chi connectivity index (χ1) is 14.5. The summed E-state index contributed by atoms with van der Waals surface area (Å²) in [6, 6.07) is 5.19. The molecular formula is C22H28ClN3O3S. The Balaban J connectivity index is 1.43. The lowest BCUT2D eigenvalue weighted by atomic mass is 9.93. The van der Waals surface area contributed by atoms with Gasteiger partial charge < -0.3 is 15.0 Å². The van der Waals surface area contributed by atoms with Crippen LogP contribution in [-0.4, -0.2) is 41.9 Å². The maximum Gasteiger partial charge on any atom is 0.224 e. The van der Waals surface area contributed by atoms with Crippen LogP contribution in [0.3, 0.4) is 0 Å². The van der Waals surface area contributed by atoms with Gasteiger partial charge in [0.1, 0.15) is 5.75 Å². The van der Waals surface area contributed by atoms with Crippen LogP contribution in [0.1, 0.15) is 42.7 Å². The van der Waals surface area contributed by atoms with Crippen molar-refractivity contribution in [2.75, 3.05) is 25.5 Å². The highest BCUT2D eigenvalue weighted by atomic mass is 35.5. The van der Waals surface area contributed by atoms with Crippen molar-refractivity contribution < 1.29 is 14.3 Å². The van der Waals surface area contributed by atoms with Crippen molar-refractivity contribution in [2.45, 2.75) is 45.4 Å². The SMILES string of the molecule is COc1ccc(NC(=O)CC[C@H]2CCCN(C(=O)CCc3scnc3C)C2)cc1Cl. The summed E-state index contributed by atoms with van der Waals surface area (Å²) in [5.41, 5.74) is 3.51. The summed E-state index contributed by atoms with van der Waals surface area (Å²) in [6.07, 6.45) is 4.52. The molecule has 2 aromatic rings. The van der Waals surface area contributed by atoms with Crippen molar-refractivity contribution in [1.82, 2.24) is 9.88 Å². The fraction of sp³-hybridized carbons (Fsp3) is 0.500. The number of halogens is 1. The summed E-state index contributed by atoms with van der Waals surface area (Å²) < 4.78 is 5.13. The van der Waals surface area contributed by atoms with Gasteiger partial charge in [-0.25, -0.2) is 4.98 Å². The molecule has 0 aliphatic carbocycles. The van der Waals surface area contributed by atoms with Gasteiger partial charge in [0.2, 0.25) is 11.8 Å². The number of thiazole rings is 1. The number of rotatable bonds is 8. The number of carbonyl (C=O) groups is 2. The van der Waals surface area contributed by atoms with Gasteiger partial charge in [0.25, 0.3) is 0 Å². The van der Waals surface area contributed by atoms with Crippen LogP contribution in [0.2, 0.25) is 5.02 Å². The van der Waals surface area contributed by atoms with E-state index in [9.17, 15) is 9.59 Å². The number of aryl methyl sites for hydroxylation is 2. The molecule has 1 N–H and O–H groups in total. The zero-order chi connectivity index (χ0) is 21.5. The van der Waals surface area contributed by atoms with E-state index in [-0.39, 0.29) is 11.8 Å². The Morgan fingerprint density at radius 3 is 2.90 bits per heavy atom. The molecule has 1 atom stereocenters. The summed E-state index contributed by atoms with van der Waals surface area (Å²) in [4.78, 5) is 32.3. The third-order valence-corrected chi connectivity index (χ3v) is 6.79. The van der Waals surface area contributed by atoms with E-state index in [1.165, 1.54) is 4.88 Å². The fourth-order valence-corrected chi connectivity index (χ4v) is 4.81. The number of benzene rings is 1. The number of amides is 2. The molecule has 0 bridgehead atoms. The third-order valence-electron chi connectivity index (χ3n) is 5.50. The van der Waals surface area contributed by atoms with Crippen molar-refractivity contribution in [1.29, 1.82) is 0 Å². The third kappa shape index (κ3) is 6.19. The van der Waals surface area contributed by atoms with Gasteiger partial charge in [0.05, 0.1) is 23.3 Å². The van der Waals surface area contributed by atoms with Crippen LogP contribution in [-0.2, 0) is 16.0 Å². The Kier molecular flexibility index (Phi) is 8.10. The standard InChI is InChI=1S/C22H28ClN3O3S/c1-15-20(30-14-24-15)8-10-22(28)26-11-3-4-16(13-26)5-9-21(27)25-17-6-7-19(29-2)18(23)12-17/h6-7,12,14,16H,3-5,8-11,13H2,1-2H3,(H,25,27)/t16-/m1/s1. The van der Waals surface area contributed by atoms with Crippen LogP contribution in [0.4, 0.5) is 5.69 Å². The number of nitrogens with zero attached hydrogens (tertiary/aromatic N) is 2. The van der Waals surface area contributed by atoms with E-state index in [4.69, 9.17) is 16.3 Å². The number of ether oxygens (including phenoxy) is 1. The zero-order valence-corrected chi connectivity index (χ0v) is 19.0. The zero-order valence-electron chi connectivity index (χ0n) is 17.4. The minimum atomic E-state index is -0.0413. The van der Waals surface area contributed by atoms with E-state index in [1.807, 2.05) is 17.3 Å². The molecule has 1 aliphatic rings. The molecular weight excluding hydrogens is 422 g/mol. The monoisotopic (exact) mass is 449 g/mol. The number of piperidine rings is 1. The highest BCUT2D eigenvalue weighted by Gasteiger charge is 2.24. The van der Waals surface area contributed by atoms with E-state index in [2.05, 4.69) is 10.3 Å². The first kappa shape index (κ1) is 22.6. The average Bonchev–Trinajstić information content (AvgIpc) is 3.15. The first-order valence-corrected chi connectivity index (χ1v) is 11.5. The number of likely N-dealkylation sites (tertiary alicyclic amines) is 1. The van der Waals surface area contributed by atoms with E-state index >= 15 is 0 Å². The first-order valence-electron chi connectivity index (χ1n) is 10.3. The number of carbonyl (C=O) groups excluding carboxylic acids is 2. The normalized spacial score (nSPS) is 16.4. The fourth-order valence-electron chi connectivity index (χ4n) is 3.77. The number of aromatic nitrogens is 1. The van der Waals surface area contributed by atoms with Crippen LogP contribution in [0.15, 0.2) is 23.7 Å². The van der Waals surface area contributed by atoms with Gasteiger partial charge >= 0.3 is 0 Å². The molecule has 1 saturated heterocycles. The molecule has 0 unspecified atom stereocenters. The molecule has 6 nitrogen and oxygen atoms in total. The Hall–Kier alpha value is -2.12. The van der Waals surface area contributed by atoms with Crippen molar-refractivity contribution in [3.8, 4) is 5.75 Å². The molecule has 0 spiro atoms. The molecule has 3 rings (SSSR count). The van der Waals surface area contributed by atoms with Crippen molar-refractivity contribution in [3.63, 3.8) is 0 Å². The summed E-state index contributed by atoms with van der Waals surface area (Å²) in [6.45, 7) is 3.54. The topological polar surface area (TPSA) is 71.5 Å². The highest BCUT2D eigenvalue weighted by Crippen LogP contribution is 2.28. The van der Waals surface area contributed by atoms with Crippen molar-refractivity contribution >= 4 is 40.4 Å². The Morgan fingerprint density at radius 2 is 2.20 bits per heavy atom. The second kappa shape index (κ2) is 10.8. The van der Waals surface area contributed by atoms with E-state index in [0.717, 1.165) is 44.5 Å². The Bertz CT molecular complexity index is 886. The predicted octanol–water partition coefficient (Wildman–Crippen LogP) is 4.70. The summed E-state index contributed by atoms with van der Waals surface area (Å²) in [5.74, 6) is 1.09. The van der Waals surface area contributed by atoms with Crippen LogP contribution in [0, 0.1) is 12.8 Å². The predicted molar refractivity (Wildman–Crippen MR) is 120 cm³/mol. The largest absolute Gasteiger partial charge is 0.495 e. The van der Waals surface area contributed by atoms with Gasteiger partial charge in [-0.2, -0.15) is 0 Å². The van der Waals surface area contributed by atoms with Crippen LogP contribution >= 0.6 is 22.9 Å². The molecule has 30 heavy (non-hydrogen) atoms. The van der Waals surface area contributed by atoms with E-state index in [1.54, 1.807) is 36.6 Å². The Labute approximate surface area is 186 Å². The quantitative estimate of drug-likeness (QED) is 0.633. The van der Waals surface area contributed by atoms with Gasteiger partial charge in [-0.1, -0.05) is 11.6 Å². The lowest BCUT2D eigenvalue weighted by molar-refractivity contribution is -0.133. The second-order valence-corrected chi connectivity index (χ2v) is 8.99. The molecule has 2 heterocycles. The minimum absolute atomic E-state index is 0.0413. The van der Waals surface area contributed by atoms with Gasteiger partial charge in [-0.3, -0.25) is 9.59 Å². The second-order valence-electron chi connectivity index (χ2n) is 7.65. The lowest BCUT2D eigenvalue weighted by Crippen LogP contribution is -2.40. The van der Waals surface area contributed by atoms with Crippen LogP contribution in [0.5, 0.6) is 5.75 Å². The highest BCUT2D eigenvalue weighted by molar-refractivity contribution is 7.09. The van der Waals surface area contributed by atoms with Crippen molar-refractivity contribution in [3.05, 3.63) is 39.3 Å². The molecule has 1 aliphatic heterocycles. The molecule has 8 heteroatoms. The molecule has 1 aromatic carbocycles. The maximum atomic E-state index is 12.6. The molecule has 1 aromatic heterocycles. The van der Waals surface area contributed by atoms with E-state index in [0.29, 0.717) is 35.2 Å². The summed E-state index contributed by atoms with van der Waals surface area (Å²) >= 11 is 7.72. The molecule has 0 radical (unpaired) electrons. The number of hydrogen-bond donors (Lipinski definition) is 1. The number of methoxy groups -OCH3 is 1. The summed E-state index contributed by atoms with van der Waals surface area (Å²) in [7, 11) is 1.55. The van der Waals surface area contributed by atoms with Gasteiger partial charge in [-0.05, 0) is 56.7 Å². The molecule has 162 valence electrons. The van der Waals surface area contributed by atoms with Crippen LogP contribution in [0.25, 0.3) is 0 Å². The van der Waals surface area contributed by atoms with Crippen molar-refractivity contribution in [2.24, 2.45) is 5.92 Å². The van der Waals surface area contributed by atoms with E-state index < -0.39 is 0 Å². The number of anilines is 1. The minimum Gasteiger partial charge on any atom is -0.495 e. The smallest absolute Gasteiger partial charge is 0.224 e. The summed E-state index contributed by atoms with van der Waals surface area (Å²) in [5, 5.41) is 3.35. The average molecular weight is 450 g/mol. The molecule has 1 fully saturated rings. The van der Waals surface area contributed by atoms with Gasteiger partial charge in [-0.15, -0.1) is 11.3 Å². The maximum absolute atomic E-state index is 12.6. The van der Waals surface area contributed by atoms with Gasteiger partial charge in [0, 0.05) is 36.5 Å². The number of nitrogens with one attached hydrogen (secondary N) is 1. The number of hydrogen-bond acceptors (Lipinski definition) is 5. The van der Waals surface area contributed by atoms with Crippen LogP contribution < -0.4 is 10.1 Å².